The van der Waals surface area contributed by atoms with Gasteiger partial charge < -0.3 is 10.4 Å². The van der Waals surface area contributed by atoms with Crippen LogP contribution in [-0.4, -0.2) is 33.7 Å². The highest BCUT2D eigenvalue weighted by Crippen LogP contribution is 2.36. The van der Waals surface area contributed by atoms with Crippen LogP contribution in [0.5, 0.6) is 0 Å². The van der Waals surface area contributed by atoms with Crippen molar-refractivity contribution in [2.24, 2.45) is 0 Å². The number of carbonyl (C=O) groups is 1. The van der Waals surface area contributed by atoms with Crippen molar-refractivity contribution in [2.75, 3.05) is 6.54 Å². The number of hydrogen-bond acceptors (Lipinski definition) is 3. The van der Waals surface area contributed by atoms with Gasteiger partial charge in [0.05, 0.1) is 0 Å². The van der Waals surface area contributed by atoms with Crippen molar-refractivity contribution in [2.45, 2.75) is 62.5 Å². The summed E-state index contributed by atoms with van der Waals surface area (Å²) in [6.45, 7) is 7.05. The molecule has 0 heterocycles. The SMILES string of the molecule is CCNC1(C(=O)O)CCCC(SC(C)C)C1. The van der Waals surface area contributed by atoms with Crippen molar-refractivity contribution in [1.82, 2.24) is 5.32 Å². The fourth-order valence-electron chi connectivity index (χ4n) is 2.49. The Bertz CT molecular complexity index is 241. The van der Waals surface area contributed by atoms with Crippen LogP contribution < -0.4 is 5.32 Å². The van der Waals surface area contributed by atoms with Gasteiger partial charge in [0.15, 0.2) is 0 Å². The molecule has 0 aromatic carbocycles. The molecule has 0 aromatic rings. The van der Waals surface area contributed by atoms with Crippen molar-refractivity contribution < 1.29 is 9.90 Å². The molecule has 4 heteroatoms. The zero-order chi connectivity index (χ0) is 12.2. The van der Waals surface area contributed by atoms with Crippen molar-refractivity contribution in [1.29, 1.82) is 0 Å². The highest BCUT2D eigenvalue weighted by molar-refractivity contribution is 8.00. The van der Waals surface area contributed by atoms with Gasteiger partial charge in [0, 0.05) is 5.25 Å². The molecule has 0 bridgehead atoms. The quantitative estimate of drug-likeness (QED) is 0.781. The normalized spacial score (nSPS) is 30.6. The van der Waals surface area contributed by atoms with E-state index in [2.05, 4.69) is 19.2 Å². The third kappa shape index (κ3) is 3.39. The molecule has 0 radical (unpaired) electrons. The minimum absolute atomic E-state index is 0.490. The maximum absolute atomic E-state index is 11.4. The van der Waals surface area contributed by atoms with Crippen molar-refractivity contribution >= 4 is 17.7 Å². The first-order valence-electron chi connectivity index (χ1n) is 6.14. The molecular weight excluding hydrogens is 222 g/mol. The second kappa shape index (κ2) is 5.92. The molecule has 1 saturated carbocycles. The van der Waals surface area contributed by atoms with E-state index in [0.717, 1.165) is 32.2 Å². The fourth-order valence-corrected chi connectivity index (χ4v) is 3.95. The van der Waals surface area contributed by atoms with E-state index >= 15 is 0 Å². The molecule has 16 heavy (non-hydrogen) atoms. The number of carboxylic acid groups (broad SMARTS) is 1. The molecule has 1 fully saturated rings. The number of thioether (sulfide) groups is 1. The molecule has 0 aliphatic heterocycles. The summed E-state index contributed by atoms with van der Waals surface area (Å²) in [7, 11) is 0. The Hall–Kier alpha value is -0.220. The molecule has 94 valence electrons. The maximum Gasteiger partial charge on any atom is 0.323 e. The van der Waals surface area contributed by atoms with Gasteiger partial charge >= 0.3 is 5.97 Å². The van der Waals surface area contributed by atoms with E-state index in [1.807, 2.05) is 18.7 Å². The number of hydrogen-bond donors (Lipinski definition) is 2. The molecule has 2 unspecified atom stereocenters. The molecule has 0 aromatic heterocycles. The summed E-state index contributed by atoms with van der Waals surface area (Å²) >= 11 is 1.92. The predicted molar refractivity (Wildman–Crippen MR) is 69.0 cm³/mol. The summed E-state index contributed by atoms with van der Waals surface area (Å²) < 4.78 is 0. The lowest BCUT2D eigenvalue weighted by Gasteiger charge is -2.38. The topological polar surface area (TPSA) is 49.3 Å². The van der Waals surface area contributed by atoms with Crippen molar-refractivity contribution in [3.63, 3.8) is 0 Å². The highest BCUT2D eigenvalue weighted by Gasteiger charge is 2.42. The van der Waals surface area contributed by atoms with Gasteiger partial charge in [-0.1, -0.05) is 20.8 Å². The van der Waals surface area contributed by atoms with Crippen LogP contribution in [0.4, 0.5) is 0 Å². The average molecular weight is 245 g/mol. The summed E-state index contributed by atoms with van der Waals surface area (Å²) in [5.74, 6) is -0.677. The van der Waals surface area contributed by atoms with Gasteiger partial charge in [0.1, 0.15) is 5.54 Å². The summed E-state index contributed by atoms with van der Waals surface area (Å²) in [6, 6.07) is 0. The minimum atomic E-state index is -0.677. The van der Waals surface area contributed by atoms with E-state index < -0.39 is 11.5 Å². The smallest absolute Gasteiger partial charge is 0.323 e. The first-order chi connectivity index (χ1) is 7.50. The zero-order valence-corrected chi connectivity index (χ0v) is 11.3. The Labute approximate surface area is 102 Å². The minimum Gasteiger partial charge on any atom is -0.480 e. The monoisotopic (exact) mass is 245 g/mol. The third-order valence-corrected chi connectivity index (χ3v) is 4.43. The van der Waals surface area contributed by atoms with Gasteiger partial charge in [-0.2, -0.15) is 11.8 Å². The van der Waals surface area contributed by atoms with Crippen LogP contribution in [-0.2, 0) is 4.79 Å². The first kappa shape index (κ1) is 13.8. The van der Waals surface area contributed by atoms with Gasteiger partial charge in [0.25, 0.3) is 0 Å². The molecule has 2 N–H and O–H groups in total. The lowest BCUT2D eigenvalue weighted by atomic mass is 9.81. The van der Waals surface area contributed by atoms with E-state index in [1.165, 1.54) is 0 Å². The van der Waals surface area contributed by atoms with E-state index in [9.17, 15) is 9.90 Å². The second-order valence-corrected chi connectivity index (χ2v) is 6.70. The third-order valence-electron chi connectivity index (χ3n) is 3.09. The summed E-state index contributed by atoms with van der Waals surface area (Å²) in [6.07, 6.45) is 3.71. The fraction of sp³-hybridized carbons (Fsp3) is 0.917. The molecule has 0 amide bonds. The van der Waals surface area contributed by atoms with Gasteiger partial charge in [-0.25, -0.2) is 0 Å². The van der Waals surface area contributed by atoms with E-state index in [0.29, 0.717) is 10.5 Å². The molecular formula is C12H23NO2S. The Balaban J connectivity index is 2.67. The molecule has 1 rings (SSSR count). The molecule has 1 aliphatic carbocycles. The lowest BCUT2D eigenvalue weighted by molar-refractivity contribution is -0.146. The summed E-state index contributed by atoms with van der Waals surface area (Å²) in [5.41, 5.74) is -0.667. The van der Waals surface area contributed by atoms with Crippen LogP contribution >= 0.6 is 11.8 Å². The van der Waals surface area contributed by atoms with Crippen LogP contribution in [0.1, 0.15) is 46.5 Å². The predicted octanol–water partition coefficient (Wildman–Crippen LogP) is 2.50. The van der Waals surface area contributed by atoms with E-state index in [-0.39, 0.29) is 0 Å². The summed E-state index contributed by atoms with van der Waals surface area (Å²) in [5, 5.41) is 13.7. The molecule has 2 atom stereocenters. The first-order valence-corrected chi connectivity index (χ1v) is 7.08. The molecule has 1 aliphatic rings. The number of nitrogens with one attached hydrogen (secondary N) is 1. The Morgan fingerprint density at radius 2 is 2.31 bits per heavy atom. The molecule has 3 nitrogen and oxygen atoms in total. The standard InChI is InChI=1S/C12H23NO2S/c1-4-13-12(11(14)15)7-5-6-10(8-12)16-9(2)3/h9-10,13H,4-8H2,1-3H3,(H,14,15). The van der Waals surface area contributed by atoms with Crippen LogP contribution in [0.25, 0.3) is 0 Å². The molecule has 0 saturated heterocycles. The van der Waals surface area contributed by atoms with Crippen LogP contribution in [0.2, 0.25) is 0 Å². The van der Waals surface area contributed by atoms with Crippen LogP contribution in [0, 0.1) is 0 Å². The maximum atomic E-state index is 11.4. The van der Waals surface area contributed by atoms with E-state index in [1.54, 1.807) is 0 Å². The Kier molecular flexibility index (Phi) is 5.12. The second-order valence-electron chi connectivity index (χ2n) is 4.82. The Morgan fingerprint density at radius 1 is 1.62 bits per heavy atom. The number of aliphatic carboxylic acids is 1. The van der Waals surface area contributed by atoms with Crippen molar-refractivity contribution in [3.05, 3.63) is 0 Å². The van der Waals surface area contributed by atoms with Gasteiger partial charge in [-0.05, 0) is 37.5 Å². The largest absolute Gasteiger partial charge is 0.480 e. The summed E-state index contributed by atoms with van der Waals surface area (Å²) in [4.78, 5) is 11.4. The van der Waals surface area contributed by atoms with E-state index in [4.69, 9.17) is 0 Å². The average Bonchev–Trinajstić information content (AvgIpc) is 2.17. The molecule has 0 spiro atoms. The number of rotatable bonds is 5. The highest BCUT2D eigenvalue weighted by atomic mass is 32.2. The zero-order valence-electron chi connectivity index (χ0n) is 10.5. The Morgan fingerprint density at radius 3 is 2.81 bits per heavy atom. The van der Waals surface area contributed by atoms with Crippen molar-refractivity contribution in [3.8, 4) is 0 Å². The van der Waals surface area contributed by atoms with Crippen LogP contribution in [0.3, 0.4) is 0 Å². The number of carboxylic acids is 1. The van der Waals surface area contributed by atoms with Gasteiger partial charge in [-0.15, -0.1) is 0 Å². The van der Waals surface area contributed by atoms with Crippen LogP contribution in [0.15, 0.2) is 0 Å². The lowest BCUT2D eigenvalue weighted by Crippen LogP contribution is -2.55. The van der Waals surface area contributed by atoms with Gasteiger partial charge in [-0.3, -0.25) is 4.79 Å². The number of likely N-dealkylation sites (N-methyl/N-ethyl adjacent to an activating group) is 1. The van der Waals surface area contributed by atoms with Gasteiger partial charge in [0.2, 0.25) is 0 Å².